The van der Waals surface area contributed by atoms with Gasteiger partial charge in [-0.15, -0.1) is 0 Å². The summed E-state index contributed by atoms with van der Waals surface area (Å²) in [4.78, 5) is 12.6. The van der Waals surface area contributed by atoms with Crippen molar-refractivity contribution in [3.8, 4) is 11.5 Å². The number of amides is 1. The monoisotopic (exact) mass is 581 g/mol. The second-order valence-electron chi connectivity index (χ2n) is 7.87. The van der Waals surface area contributed by atoms with E-state index in [0.717, 1.165) is 0 Å². The van der Waals surface area contributed by atoms with Gasteiger partial charge >= 0.3 is 29.6 Å². The fourth-order valence-corrected chi connectivity index (χ4v) is 5.24. The normalized spacial score (nSPS) is 11.4. The zero-order valence-corrected chi connectivity index (χ0v) is 24.6. The maximum atomic E-state index is 13.3. The summed E-state index contributed by atoms with van der Waals surface area (Å²) in [6.07, 6.45) is 0. The van der Waals surface area contributed by atoms with Gasteiger partial charge in [-0.3, -0.25) is 9.35 Å². The van der Waals surface area contributed by atoms with Gasteiger partial charge in [0.15, 0.2) is 0 Å². The number of anilines is 1. The molecule has 0 radical (unpaired) electrons. The molecule has 4 rings (SSSR count). The molecule has 2 N–H and O–H groups in total. The summed E-state index contributed by atoms with van der Waals surface area (Å²) in [5.74, 6) is -0.876. The SMILES string of the molecule is COc1ccc(NC(=O)c2cc3ccccc3c(N=Nc3cc(C)c(S(=O)(=O)O)c(Cl)c3)c2[O-])c(Cl)c1.[Na+]. The Morgan fingerprint density at radius 1 is 1.03 bits per heavy atom. The van der Waals surface area contributed by atoms with Crippen molar-refractivity contribution >= 4 is 67.1 Å². The summed E-state index contributed by atoms with van der Waals surface area (Å²) < 4.78 is 37.6. The topological polar surface area (TPSA) is 140 Å². The third-order valence-electron chi connectivity index (χ3n) is 5.38. The Labute approximate surface area is 250 Å². The van der Waals surface area contributed by atoms with Crippen LogP contribution in [-0.4, -0.2) is 26.0 Å². The molecule has 0 spiro atoms. The third kappa shape index (κ3) is 6.29. The number of fused-ring (bicyclic) bond motifs is 1. The van der Waals surface area contributed by atoms with Crippen LogP contribution in [0.1, 0.15) is 15.9 Å². The van der Waals surface area contributed by atoms with E-state index in [9.17, 15) is 22.9 Å². The minimum atomic E-state index is -4.55. The summed E-state index contributed by atoms with van der Waals surface area (Å²) in [7, 11) is -3.06. The standard InChI is InChI=1S/C25H19Cl2N3O6S.Na/c1-13-9-15(11-20(27)24(13)37(33,34)35)29-30-22-17-6-4-3-5-14(17)10-18(23(22)31)25(32)28-21-8-7-16(36-2)12-19(21)26;/h3-12,31H,1-2H3,(H,28,32)(H,33,34,35);/q;+1/p-1. The van der Waals surface area contributed by atoms with Crippen molar-refractivity contribution in [3.63, 3.8) is 0 Å². The Morgan fingerprint density at radius 3 is 2.37 bits per heavy atom. The van der Waals surface area contributed by atoms with E-state index in [-0.39, 0.29) is 67.8 Å². The number of hydrogen-bond acceptors (Lipinski definition) is 7. The average Bonchev–Trinajstić information content (AvgIpc) is 2.83. The Morgan fingerprint density at radius 2 is 1.74 bits per heavy atom. The molecule has 9 nitrogen and oxygen atoms in total. The van der Waals surface area contributed by atoms with E-state index in [1.54, 1.807) is 36.4 Å². The maximum Gasteiger partial charge on any atom is 1.00 e. The molecule has 13 heteroatoms. The number of nitrogens with one attached hydrogen (secondary N) is 1. The van der Waals surface area contributed by atoms with Gasteiger partial charge in [-0.05, 0) is 48.2 Å². The van der Waals surface area contributed by atoms with E-state index < -0.39 is 26.7 Å². The molecule has 1 amide bonds. The number of carbonyl (C=O) groups is 1. The van der Waals surface area contributed by atoms with Crippen LogP contribution in [-0.2, 0) is 10.1 Å². The Bertz CT molecular complexity index is 1670. The molecule has 0 heterocycles. The van der Waals surface area contributed by atoms with Crippen LogP contribution in [0.15, 0.2) is 75.8 Å². The first-order valence-corrected chi connectivity index (χ1v) is 12.8. The quantitative estimate of drug-likeness (QED) is 0.203. The molecule has 0 atom stereocenters. The number of hydrogen-bond donors (Lipinski definition) is 2. The molecule has 4 aromatic carbocycles. The van der Waals surface area contributed by atoms with Gasteiger partial charge in [0.25, 0.3) is 16.0 Å². The number of nitrogens with zero attached hydrogens (tertiary/aromatic N) is 2. The number of rotatable bonds is 6. The Balaban J connectivity index is 0.00000400. The molecule has 190 valence electrons. The molecule has 0 saturated heterocycles. The number of carbonyl (C=O) groups excluding carboxylic acids is 1. The predicted octanol–water partition coefficient (Wildman–Crippen LogP) is 3.46. The Hall–Kier alpha value is -2.70. The fraction of sp³-hybridized carbons (Fsp3) is 0.0800. The van der Waals surface area contributed by atoms with Crippen molar-refractivity contribution in [3.05, 3.63) is 81.8 Å². The van der Waals surface area contributed by atoms with Gasteiger partial charge in [0.2, 0.25) is 0 Å². The van der Waals surface area contributed by atoms with Gasteiger partial charge < -0.3 is 15.2 Å². The van der Waals surface area contributed by atoms with E-state index in [1.165, 1.54) is 38.3 Å². The molecule has 0 unspecified atom stereocenters. The predicted molar refractivity (Wildman–Crippen MR) is 140 cm³/mol. The largest absolute Gasteiger partial charge is 1.00 e. The molecule has 0 aliphatic heterocycles. The summed E-state index contributed by atoms with van der Waals surface area (Å²) in [6, 6.07) is 15.5. The van der Waals surface area contributed by atoms with Crippen LogP contribution in [0.3, 0.4) is 0 Å². The molecular weight excluding hydrogens is 564 g/mol. The van der Waals surface area contributed by atoms with E-state index in [0.29, 0.717) is 16.5 Å². The zero-order chi connectivity index (χ0) is 26.9. The first-order valence-electron chi connectivity index (χ1n) is 10.6. The van der Waals surface area contributed by atoms with Crippen LogP contribution in [0, 0.1) is 6.92 Å². The second-order valence-corrected chi connectivity index (χ2v) is 10.0. The number of aryl methyl sites for hydroxylation is 1. The number of azo groups is 1. The van der Waals surface area contributed by atoms with E-state index in [4.69, 9.17) is 27.9 Å². The van der Waals surface area contributed by atoms with E-state index >= 15 is 0 Å². The van der Waals surface area contributed by atoms with Crippen LogP contribution in [0.4, 0.5) is 17.1 Å². The van der Waals surface area contributed by atoms with Gasteiger partial charge in [-0.25, -0.2) is 0 Å². The van der Waals surface area contributed by atoms with E-state index in [1.807, 2.05) is 0 Å². The Kier molecular flexibility index (Phi) is 9.43. The van der Waals surface area contributed by atoms with Crippen LogP contribution < -0.4 is 44.7 Å². The summed E-state index contributed by atoms with van der Waals surface area (Å²) >= 11 is 12.2. The van der Waals surface area contributed by atoms with Crippen LogP contribution >= 0.6 is 23.2 Å². The van der Waals surface area contributed by atoms with Crippen LogP contribution in [0.2, 0.25) is 10.0 Å². The molecule has 4 aromatic rings. The number of methoxy groups -OCH3 is 1. The summed E-state index contributed by atoms with van der Waals surface area (Å²) in [5, 5.41) is 25.1. The van der Waals surface area contributed by atoms with Gasteiger partial charge in [-0.2, -0.15) is 18.6 Å². The molecule has 38 heavy (non-hydrogen) atoms. The molecule has 0 bridgehead atoms. The molecular formula is C25H18Cl2N3NaO6S. The smallest absolute Gasteiger partial charge is 0.870 e. The summed E-state index contributed by atoms with van der Waals surface area (Å²) in [6.45, 7) is 1.43. The van der Waals surface area contributed by atoms with Gasteiger partial charge in [0, 0.05) is 17.0 Å². The minimum Gasteiger partial charge on any atom is -0.870 e. The first kappa shape index (κ1) is 29.9. The average molecular weight is 582 g/mol. The minimum absolute atomic E-state index is 0. The van der Waals surface area contributed by atoms with Crippen molar-refractivity contribution in [2.45, 2.75) is 11.8 Å². The summed E-state index contributed by atoms with van der Waals surface area (Å²) in [5.41, 5.74) is 0.276. The maximum absolute atomic E-state index is 13.3. The molecule has 0 aliphatic rings. The van der Waals surface area contributed by atoms with E-state index in [2.05, 4.69) is 15.5 Å². The van der Waals surface area contributed by atoms with Crippen molar-refractivity contribution in [2.24, 2.45) is 10.2 Å². The van der Waals surface area contributed by atoms with Crippen LogP contribution in [0.5, 0.6) is 11.5 Å². The third-order valence-corrected chi connectivity index (χ3v) is 7.16. The van der Waals surface area contributed by atoms with Crippen molar-refractivity contribution in [2.75, 3.05) is 12.4 Å². The van der Waals surface area contributed by atoms with Crippen molar-refractivity contribution in [1.82, 2.24) is 0 Å². The number of halogens is 2. The van der Waals surface area contributed by atoms with Crippen LogP contribution in [0.25, 0.3) is 10.8 Å². The molecule has 0 aliphatic carbocycles. The van der Waals surface area contributed by atoms with Gasteiger partial charge in [0.05, 0.1) is 34.2 Å². The van der Waals surface area contributed by atoms with Crippen molar-refractivity contribution in [1.29, 1.82) is 0 Å². The first-order chi connectivity index (χ1) is 17.5. The second kappa shape index (κ2) is 12.0. The fourth-order valence-electron chi connectivity index (χ4n) is 3.70. The molecule has 0 aromatic heterocycles. The van der Waals surface area contributed by atoms with Gasteiger partial charge in [0.1, 0.15) is 10.6 Å². The zero-order valence-electron chi connectivity index (χ0n) is 20.3. The van der Waals surface area contributed by atoms with Crippen molar-refractivity contribution < 1.29 is 57.2 Å². The molecule has 0 saturated carbocycles. The number of ether oxygens (including phenoxy) is 1. The van der Waals surface area contributed by atoms with Gasteiger partial charge in [-0.1, -0.05) is 53.2 Å². The number of benzene rings is 4. The molecule has 0 fully saturated rings.